The van der Waals surface area contributed by atoms with E-state index in [1.165, 1.54) is 35.6 Å². The third-order valence-electron chi connectivity index (χ3n) is 11.4. The molecule has 31 nitrogen and oxygen atoms in total. The van der Waals surface area contributed by atoms with E-state index in [4.69, 9.17) is 20.9 Å². The van der Waals surface area contributed by atoms with E-state index in [1.807, 2.05) is 0 Å². The molecule has 8 amide bonds. The zero-order chi connectivity index (χ0) is 54.8. The van der Waals surface area contributed by atoms with Crippen molar-refractivity contribution in [1.29, 1.82) is 0 Å². The fourth-order valence-electron chi connectivity index (χ4n) is 7.26. The van der Waals surface area contributed by atoms with E-state index >= 15 is 0 Å². The van der Waals surface area contributed by atoms with Crippen LogP contribution < -0.4 is 59.6 Å². The second-order valence-corrected chi connectivity index (χ2v) is 20.5. The second-order valence-electron chi connectivity index (χ2n) is 17.9. The number of fused-ring (bicyclic) bond motifs is 7. The van der Waals surface area contributed by atoms with Crippen molar-refractivity contribution in [2.24, 2.45) is 11.8 Å². The Balaban J connectivity index is 1.29. The molecule has 8 atom stereocenters. The predicted molar refractivity (Wildman–Crippen MR) is 266 cm³/mol. The summed E-state index contributed by atoms with van der Waals surface area (Å²) in [5, 5.41) is 20.0. The number of aromatic amines is 1. The van der Waals surface area contributed by atoms with Gasteiger partial charge in [-0.1, -0.05) is 49.3 Å². The molecule has 0 aromatic carbocycles. The zero-order valence-corrected chi connectivity index (χ0v) is 42.8. The number of carbonyl (C=O) groups is 10. The Morgan fingerprint density at radius 3 is 1.63 bits per heavy atom. The monoisotopic (exact) mass is 1080 g/mol. The van der Waals surface area contributed by atoms with Crippen LogP contribution in [0.2, 0.25) is 0 Å². The number of nitrogens with two attached hydrogens (primary N) is 2. The normalized spacial score (nSPS) is 24.4. The van der Waals surface area contributed by atoms with Gasteiger partial charge in [0.15, 0.2) is 22.6 Å². The van der Waals surface area contributed by atoms with Crippen LogP contribution in [-0.2, 0) is 70.5 Å². The fraction of sp³-hybridized carbons (Fsp3) is 0.524. The van der Waals surface area contributed by atoms with Crippen LogP contribution in [0.4, 0.5) is 11.8 Å². The Morgan fingerprint density at radius 1 is 0.653 bits per heavy atom. The average molecular weight is 1090 g/mol. The first kappa shape index (κ1) is 56.2. The molecule has 4 aromatic heterocycles. The third kappa shape index (κ3) is 14.4. The quantitative estimate of drug-likeness (QED) is 0.0580. The van der Waals surface area contributed by atoms with Gasteiger partial charge in [0.1, 0.15) is 86.5 Å². The van der Waals surface area contributed by atoms with Crippen LogP contribution in [0, 0.1) is 11.8 Å². The molecule has 0 aliphatic carbocycles. The molecule has 13 N–H and O–H groups in total. The summed E-state index contributed by atoms with van der Waals surface area (Å²) in [4.78, 5) is 173. The van der Waals surface area contributed by atoms with E-state index in [2.05, 4.69) is 72.4 Å². The molecule has 2 bridgehead atoms. The molecule has 2 aliphatic heterocycles. The van der Waals surface area contributed by atoms with Crippen molar-refractivity contribution in [3.63, 3.8) is 0 Å². The number of imidazole rings is 2. The molecule has 2 aliphatic rings. The van der Waals surface area contributed by atoms with Crippen LogP contribution in [0.15, 0.2) is 23.8 Å². The lowest BCUT2D eigenvalue weighted by Gasteiger charge is -2.28. The van der Waals surface area contributed by atoms with Gasteiger partial charge in [0.2, 0.25) is 53.2 Å². The van der Waals surface area contributed by atoms with Crippen molar-refractivity contribution in [1.82, 2.24) is 81.6 Å². The molecule has 6 heterocycles. The van der Waals surface area contributed by atoms with Gasteiger partial charge in [0.05, 0.1) is 12.7 Å². The summed E-state index contributed by atoms with van der Waals surface area (Å²) in [6.45, 7) is 6.11. The molecule has 4 aromatic rings. The predicted octanol–water partition coefficient (Wildman–Crippen LogP) is -5.15. The van der Waals surface area contributed by atoms with Crippen LogP contribution in [0.3, 0.4) is 0 Å². The van der Waals surface area contributed by atoms with Gasteiger partial charge in [-0.15, -0.1) is 0 Å². The molecule has 404 valence electrons. The molecule has 0 saturated carbocycles. The van der Waals surface area contributed by atoms with Crippen molar-refractivity contribution in [2.45, 2.75) is 103 Å². The van der Waals surface area contributed by atoms with E-state index < -0.39 is 151 Å². The molecular weight excluding hydrogens is 1030 g/mol. The topological polar surface area (TPSA) is 445 Å². The number of anilines is 2. The minimum Gasteiger partial charge on any atom is -0.461 e. The zero-order valence-electron chi connectivity index (χ0n) is 41.2. The Kier molecular flexibility index (Phi) is 18.5. The molecular formula is C42H56N18O13S2. The van der Waals surface area contributed by atoms with Gasteiger partial charge in [-0.3, -0.25) is 48.1 Å². The molecule has 0 unspecified atom stereocenters. The first-order valence-corrected chi connectivity index (χ1v) is 25.6. The van der Waals surface area contributed by atoms with E-state index in [9.17, 15) is 52.7 Å². The summed E-state index contributed by atoms with van der Waals surface area (Å²) >= 11 is 0. The average Bonchev–Trinajstić information content (AvgIpc) is 3.95. The third-order valence-corrected chi connectivity index (χ3v) is 13.8. The minimum atomic E-state index is -1.71. The molecule has 0 radical (unpaired) electrons. The molecule has 33 heteroatoms. The van der Waals surface area contributed by atoms with E-state index in [1.54, 1.807) is 27.7 Å². The molecule has 75 heavy (non-hydrogen) atoms. The second kappa shape index (κ2) is 24.8. The van der Waals surface area contributed by atoms with Crippen molar-refractivity contribution >= 4 is 115 Å². The summed E-state index contributed by atoms with van der Waals surface area (Å²) < 4.78 is 13.5. The van der Waals surface area contributed by atoms with Gasteiger partial charge in [-0.05, 0) is 25.7 Å². The summed E-state index contributed by atoms with van der Waals surface area (Å²) in [7, 11) is 1.96. The maximum absolute atomic E-state index is 14.1. The Labute approximate surface area is 432 Å². The largest absolute Gasteiger partial charge is 0.461 e. The first-order valence-electron chi connectivity index (χ1n) is 23.1. The van der Waals surface area contributed by atoms with Gasteiger partial charge in [-0.2, -0.15) is 4.98 Å². The van der Waals surface area contributed by atoms with Gasteiger partial charge in [0, 0.05) is 11.5 Å². The summed E-state index contributed by atoms with van der Waals surface area (Å²) in [6.07, 6.45) is 3.58. The summed E-state index contributed by atoms with van der Waals surface area (Å²) in [5.41, 5.74) is 11.2. The van der Waals surface area contributed by atoms with Crippen LogP contribution >= 0.6 is 21.6 Å². The molecule has 0 spiro atoms. The number of hydrogen-bond donors (Lipinski definition) is 11. The highest BCUT2D eigenvalue weighted by Gasteiger charge is 2.37. The number of hydrogen-bond acceptors (Lipinski definition) is 22. The van der Waals surface area contributed by atoms with E-state index in [-0.39, 0.29) is 45.6 Å². The number of rotatable bonds is 8. The van der Waals surface area contributed by atoms with Crippen molar-refractivity contribution in [3.05, 3.63) is 29.3 Å². The van der Waals surface area contributed by atoms with Crippen LogP contribution in [0.5, 0.6) is 0 Å². The highest BCUT2D eigenvalue weighted by atomic mass is 33.1. The fourth-order valence-corrected chi connectivity index (χ4v) is 9.59. The lowest BCUT2D eigenvalue weighted by atomic mass is 10.0. The number of carbonyl (C=O) groups excluding carboxylic acids is 10. The minimum absolute atomic E-state index is 0.0105. The van der Waals surface area contributed by atoms with Gasteiger partial charge >= 0.3 is 11.9 Å². The first-order chi connectivity index (χ1) is 35.5. The maximum Gasteiger partial charge on any atom is 0.328 e. The summed E-state index contributed by atoms with van der Waals surface area (Å²) in [5.74, 6) is -11.6. The Morgan fingerprint density at radius 2 is 1.13 bits per heavy atom. The van der Waals surface area contributed by atoms with Crippen molar-refractivity contribution in [2.75, 3.05) is 36.2 Å². The highest BCUT2D eigenvalue weighted by Crippen LogP contribution is 2.24. The number of nitrogen functional groups attached to an aromatic ring is 2. The number of ether oxygens (including phenoxy) is 2. The standard InChI is InChI=1S/C42H56N18O13S2/c1-16(2)26-40(70)72-9-20(51-24(61)7-59-15-48-31-29(59)30(43)45-13-46-31)35(65)49-18(5)33(63)53-22-11-74-75-12-23(37(67)55-26)54-34(64)19(6)50-36(66)21(10-73-41(71)27(17(3)4)56-38(22)68)52-25(62)8-60-14-47-28-32(60)57-42(44)58-39(28)69/h13-23,26-27H,7-12H2,1-6H3,(H,49,65)(H,50,66)(H,51,61)(H,52,62)(H,53,63)(H,54,64)(H,55,67)(H,56,68)(H2,43,45,46)(H3,44,57,58,69)/t18-,19-,20+,21+,22-,23-,26-,27-/m0/s1. The number of H-pyrrole nitrogens is 1. The Bertz CT molecular complexity index is 2930. The smallest absolute Gasteiger partial charge is 0.328 e. The van der Waals surface area contributed by atoms with E-state index in [0.29, 0.717) is 0 Å². The van der Waals surface area contributed by atoms with Crippen molar-refractivity contribution in [3.8, 4) is 0 Å². The summed E-state index contributed by atoms with van der Waals surface area (Å²) in [6, 6.07) is -12.0. The highest BCUT2D eigenvalue weighted by molar-refractivity contribution is 8.76. The van der Waals surface area contributed by atoms with Crippen molar-refractivity contribution < 1.29 is 57.4 Å². The number of amides is 8. The van der Waals surface area contributed by atoms with Crippen LogP contribution in [-0.4, -0.2) is 171 Å². The lowest BCUT2D eigenvalue weighted by molar-refractivity contribution is -0.152. The van der Waals surface area contributed by atoms with Gasteiger partial charge < -0.3 is 72.6 Å². The molecule has 2 saturated heterocycles. The number of aromatic nitrogens is 8. The SMILES string of the molecule is CC(C)[C@@H]1NC(=O)[C@@H]2CSSC[C@H](NC(=O)[C@H](C)NC(=O)[C@H](NC(=O)Cn3cnc4ncnc(N)c43)COC1=O)C(=O)N[C@@H](C(C)C)C(=O)OC[C@@H](NC(=O)Cn1cnc3c(=O)[nH]c(N)nc31)C(=O)N[C@@H](C)C(=O)N2. The Hall–Kier alpha value is -8.10. The molecule has 2 fully saturated rings. The number of esters is 2. The van der Waals surface area contributed by atoms with Gasteiger partial charge in [0.25, 0.3) is 5.56 Å². The molecule has 6 rings (SSSR count). The number of cyclic esters (lactones) is 2. The van der Waals surface area contributed by atoms with Crippen LogP contribution in [0.25, 0.3) is 22.3 Å². The number of nitrogens with one attached hydrogen (secondary N) is 9. The maximum atomic E-state index is 14.1. The lowest BCUT2D eigenvalue weighted by Crippen LogP contribution is -2.60. The number of nitrogens with zero attached hydrogens (tertiary/aromatic N) is 7. The van der Waals surface area contributed by atoms with Crippen LogP contribution in [0.1, 0.15) is 41.5 Å². The van der Waals surface area contributed by atoms with E-state index in [0.717, 1.165) is 27.9 Å². The van der Waals surface area contributed by atoms with Gasteiger partial charge in [-0.25, -0.2) is 29.5 Å².